The third kappa shape index (κ3) is 8.30. The van der Waals surface area contributed by atoms with Gasteiger partial charge in [0, 0.05) is 32.5 Å². The van der Waals surface area contributed by atoms with Crippen molar-refractivity contribution in [2.24, 2.45) is 0 Å². The van der Waals surface area contributed by atoms with Crippen LogP contribution in [0.1, 0.15) is 16.7 Å². The minimum absolute atomic E-state index is 0. The summed E-state index contributed by atoms with van der Waals surface area (Å²) in [5.74, 6) is 0. The number of alkyl halides is 9. The average molecular weight is 781 g/mol. The Morgan fingerprint density at radius 3 is 1.70 bits per heavy atom. The normalized spacial score (nSPS) is 11.7. The fourth-order valence-electron chi connectivity index (χ4n) is 3.97. The summed E-state index contributed by atoms with van der Waals surface area (Å²) in [4.78, 5) is 7.95. The van der Waals surface area contributed by atoms with Gasteiger partial charge in [0.1, 0.15) is 0 Å². The quantitative estimate of drug-likeness (QED) is 0.135. The number of halogens is 9. The zero-order chi connectivity index (χ0) is 30.5. The van der Waals surface area contributed by atoms with E-state index in [0.29, 0.717) is 0 Å². The van der Waals surface area contributed by atoms with Crippen LogP contribution < -0.4 is 0 Å². The van der Waals surface area contributed by atoms with Gasteiger partial charge in [-0.25, -0.2) is 0 Å². The first-order chi connectivity index (χ1) is 19.8. The Labute approximate surface area is 253 Å². The van der Waals surface area contributed by atoms with Crippen LogP contribution in [0.25, 0.3) is 33.6 Å². The predicted molar refractivity (Wildman–Crippen MR) is 137 cm³/mol. The molecule has 0 unspecified atom stereocenters. The average Bonchev–Trinajstić information content (AvgIpc) is 2.97. The summed E-state index contributed by atoms with van der Waals surface area (Å²) in [5.41, 5.74) is -5.21. The molecule has 0 aliphatic heterocycles. The van der Waals surface area contributed by atoms with Gasteiger partial charge in [0.05, 0.1) is 0 Å². The van der Waals surface area contributed by atoms with Crippen LogP contribution >= 0.6 is 0 Å². The first-order valence-corrected chi connectivity index (χ1v) is 12.0. The fourth-order valence-corrected chi connectivity index (χ4v) is 3.97. The largest absolute Gasteiger partial charge is 0.401 e. The van der Waals surface area contributed by atoms with Crippen LogP contribution in [0, 0.1) is 12.1 Å². The van der Waals surface area contributed by atoms with E-state index in [1.807, 2.05) is 54.7 Å². The van der Waals surface area contributed by atoms with Gasteiger partial charge in [-0.2, -0.15) is 39.5 Å². The number of nitrogens with zero attached hydrogens (tertiary/aromatic N) is 2. The maximum absolute atomic E-state index is 13.2. The standard InChI is InChI=1S/C17H12N.C14H5F9N.Ir/c1-3-7-14(8-4-1)16-11-12-17(18-13-16)15-9-5-2-6-10-15;15-12(16,17)8-5-4-7(9-3-1-2-6-24-9)10(13(18,19)20)11(8)14(21,22)23;/h1-9,11-13H;1-3,5-6H;/q2*-1;. The molecular weight excluding hydrogens is 764 g/mol. The van der Waals surface area contributed by atoms with E-state index in [1.54, 1.807) is 6.07 Å². The molecule has 5 aromatic rings. The molecule has 1 radical (unpaired) electrons. The maximum Gasteiger partial charge on any atom is 0.401 e. The summed E-state index contributed by atoms with van der Waals surface area (Å²) in [6.45, 7) is 0. The molecule has 2 nitrogen and oxygen atoms in total. The van der Waals surface area contributed by atoms with E-state index in [4.69, 9.17) is 0 Å². The third-order valence-corrected chi connectivity index (χ3v) is 5.78. The van der Waals surface area contributed by atoms with Crippen molar-refractivity contribution in [2.75, 3.05) is 0 Å². The molecule has 0 atom stereocenters. The monoisotopic (exact) mass is 781 g/mol. The van der Waals surface area contributed by atoms with E-state index in [2.05, 4.69) is 34.2 Å². The number of hydrogen-bond acceptors (Lipinski definition) is 2. The van der Waals surface area contributed by atoms with Crippen molar-refractivity contribution in [1.82, 2.24) is 9.97 Å². The number of aromatic nitrogens is 2. The topological polar surface area (TPSA) is 25.8 Å². The van der Waals surface area contributed by atoms with E-state index in [0.717, 1.165) is 29.1 Å². The van der Waals surface area contributed by atoms with Gasteiger partial charge in [0.15, 0.2) is 0 Å². The SMILES string of the molecule is FC(F)(F)c1c[c-]c(-c2ccccn2)c(C(F)(F)F)c1C(F)(F)F.[Ir].[c-]1ccccc1-c1ccc(-c2ccccc2)cn1. The zero-order valence-corrected chi connectivity index (χ0v) is 23.8. The molecule has 0 saturated carbocycles. The zero-order valence-electron chi connectivity index (χ0n) is 21.4. The molecule has 2 heterocycles. The van der Waals surface area contributed by atoms with Crippen LogP contribution in [0.2, 0.25) is 0 Å². The Hall–Kier alpha value is -4.02. The fraction of sp³-hybridized carbons (Fsp3) is 0.0968. The van der Waals surface area contributed by atoms with Gasteiger partial charge >= 0.3 is 18.5 Å². The summed E-state index contributed by atoms with van der Waals surface area (Å²) in [7, 11) is 0. The van der Waals surface area contributed by atoms with E-state index in [-0.39, 0.29) is 26.2 Å². The molecular formula is C31H17F9IrN2-2. The van der Waals surface area contributed by atoms with Crippen LogP contribution in [0.15, 0.2) is 103 Å². The van der Waals surface area contributed by atoms with Gasteiger partial charge < -0.3 is 9.97 Å². The smallest absolute Gasteiger partial charge is 0.305 e. The Kier molecular flexibility index (Phi) is 10.5. The third-order valence-electron chi connectivity index (χ3n) is 5.78. The summed E-state index contributed by atoms with van der Waals surface area (Å²) in [6.07, 6.45) is -14.3. The molecule has 0 bridgehead atoms. The molecule has 0 fully saturated rings. The summed E-state index contributed by atoms with van der Waals surface area (Å²) < 4.78 is 117. The molecule has 3 aromatic carbocycles. The van der Waals surface area contributed by atoms with Crippen molar-refractivity contribution in [3.63, 3.8) is 0 Å². The molecule has 0 aliphatic carbocycles. The Bertz CT molecular complexity index is 1540. The number of benzene rings is 3. The van der Waals surface area contributed by atoms with Crippen molar-refractivity contribution < 1.29 is 59.6 Å². The van der Waals surface area contributed by atoms with E-state index < -0.39 is 46.5 Å². The van der Waals surface area contributed by atoms with Gasteiger partial charge in [-0.15, -0.1) is 53.6 Å². The van der Waals surface area contributed by atoms with Gasteiger partial charge in [-0.05, 0) is 45.3 Å². The van der Waals surface area contributed by atoms with Crippen LogP contribution in [0.5, 0.6) is 0 Å². The van der Waals surface area contributed by atoms with Crippen molar-refractivity contribution in [3.05, 3.63) is 132 Å². The van der Waals surface area contributed by atoms with Gasteiger partial charge in [-0.1, -0.05) is 54.6 Å². The van der Waals surface area contributed by atoms with E-state index in [9.17, 15) is 39.5 Å². The van der Waals surface area contributed by atoms with Crippen molar-refractivity contribution in [1.29, 1.82) is 0 Å². The van der Waals surface area contributed by atoms with Crippen LogP contribution in [-0.4, -0.2) is 9.97 Å². The van der Waals surface area contributed by atoms with E-state index in [1.165, 1.54) is 17.7 Å². The molecule has 0 N–H and O–H groups in total. The first kappa shape index (κ1) is 33.5. The second kappa shape index (κ2) is 13.5. The predicted octanol–water partition coefficient (Wildman–Crippen LogP) is 9.82. The summed E-state index contributed by atoms with van der Waals surface area (Å²) >= 11 is 0. The molecule has 2 aromatic heterocycles. The molecule has 0 aliphatic rings. The van der Waals surface area contributed by atoms with Crippen LogP contribution in [0.3, 0.4) is 0 Å². The van der Waals surface area contributed by atoms with Gasteiger partial charge in [0.25, 0.3) is 0 Å². The Morgan fingerprint density at radius 1 is 0.535 bits per heavy atom. The number of hydrogen-bond donors (Lipinski definition) is 0. The minimum atomic E-state index is -5.88. The first-order valence-electron chi connectivity index (χ1n) is 12.0. The molecule has 0 amide bonds. The molecule has 5 rings (SSSR count). The van der Waals surface area contributed by atoms with Crippen LogP contribution in [-0.2, 0) is 38.6 Å². The maximum atomic E-state index is 13.2. The van der Waals surface area contributed by atoms with Crippen molar-refractivity contribution in [3.8, 4) is 33.6 Å². The van der Waals surface area contributed by atoms with E-state index >= 15 is 0 Å². The second-order valence-corrected chi connectivity index (χ2v) is 8.61. The minimum Gasteiger partial charge on any atom is -0.305 e. The molecule has 12 heteroatoms. The molecule has 0 spiro atoms. The molecule has 225 valence electrons. The molecule has 0 saturated heterocycles. The van der Waals surface area contributed by atoms with Crippen molar-refractivity contribution >= 4 is 0 Å². The van der Waals surface area contributed by atoms with Crippen molar-refractivity contribution in [2.45, 2.75) is 18.5 Å². The Balaban J connectivity index is 0.000000238. The summed E-state index contributed by atoms with van der Waals surface area (Å²) in [5, 5.41) is 0. The van der Waals surface area contributed by atoms with Gasteiger partial charge in [0.2, 0.25) is 0 Å². The Morgan fingerprint density at radius 2 is 1.19 bits per heavy atom. The molecule has 43 heavy (non-hydrogen) atoms. The van der Waals surface area contributed by atoms with Crippen LogP contribution in [0.4, 0.5) is 39.5 Å². The number of rotatable bonds is 3. The van der Waals surface area contributed by atoms with Gasteiger partial charge in [-0.3, -0.25) is 0 Å². The second-order valence-electron chi connectivity index (χ2n) is 8.61. The summed E-state index contributed by atoms with van der Waals surface area (Å²) in [6, 6.07) is 30.4. The number of pyridine rings is 2.